The molecule has 0 fully saturated rings. The molecule has 5 nitrogen and oxygen atoms in total. The van der Waals surface area contributed by atoms with Gasteiger partial charge in [0.2, 0.25) is 0 Å². The molecule has 0 bridgehead atoms. The van der Waals surface area contributed by atoms with Gasteiger partial charge in [-0.1, -0.05) is 54.6 Å². The number of benzene rings is 2. The molecule has 1 atom stereocenters. The first-order valence-electron chi connectivity index (χ1n) is 9.34. The number of hydrogen-bond acceptors (Lipinski definition) is 3. The average molecular weight is 370 g/mol. The van der Waals surface area contributed by atoms with Gasteiger partial charge in [-0.15, -0.1) is 0 Å². The van der Waals surface area contributed by atoms with Crippen LogP contribution in [0.5, 0.6) is 0 Å². The van der Waals surface area contributed by atoms with Crippen LogP contribution < -0.4 is 0 Å². The van der Waals surface area contributed by atoms with Gasteiger partial charge in [0.1, 0.15) is 0 Å². The third-order valence-electron chi connectivity index (χ3n) is 4.89. The number of Topliss-reactive ketones (excluding diaryl/α,β-unsaturated/α-hetero) is 1. The smallest absolute Gasteiger partial charge is 0.159 e. The molecule has 5 heteroatoms. The summed E-state index contributed by atoms with van der Waals surface area (Å²) in [5.41, 5.74) is 4.79. The third-order valence-corrected chi connectivity index (χ3v) is 4.89. The molecule has 0 unspecified atom stereocenters. The SMILES string of the molecule is CC(=O)c1ccc(-c2c(-c3ccccc3)ncn2[C@@H](C)Cn2cccn2)cc1. The summed E-state index contributed by atoms with van der Waals surface area (Å²) in [7, 11) is 0. The minimum Gasteiger partial charge on any atom is -0.325 e. The fourth-order valence-corrected chi connectivity index (χ4v) is 3.42. The molecule has 0 aliphatic carbocycles. The Morgan fingerprint density at radius 3 is 2.39 bits per heavy atom. The molecule has 4 rings (SSSR count). The molecule has 0 aliphatic heterocycles. The molecule has 0 radical (unpaired) electrons. The van der Waals surface area contributed by atoms with E-state index in [0.29, 0.717) is 5.56 Å². The van der Waals surface area contributed by atoms with Crippen LogP contribution in [0.25, 0.3) is 22.5 Å². The second kappa shape index (κ2) is 7.64. The minimum absolute atomic E-state index is 0.0652. The highest BCUT2D eigenvalue weighted by Crippen LogP contribution is 2.33. The van der Waals surface area contributed by atoms with Gasteiger partial charge in [0.25, 0.3) is 0 Å². The molecule has 0 spiro atoms. The van der Waals surface area contributed by atoms with Gasteiger partial charge in [-0.2, -0.15) is 5.10 Å². The highest BCUT2D eigenvalue weighted by Gasteiger charge is 2.19. The van der Waals surface area contributed by atoms with Crippen LogP contribution in [0, 0.1) is 0 Å². The molecule has 0 N–H and O–H groups in total. The summed E-state index contributed by atoms with van der Waals surface area (Å²) in [6.07, 6.45) is 5.65. The highest BCUT2D eigenvalue weighted by atomic mass is 16.1. The Kier molecular flexibility index (Phi) is 4.89. The molecule has 2 aromatic carbocycles. The molecule has 2 heterocycles. The number of carbonyl (C=O) groups excluding carboxylic acids is 1. The van der Waals surface area contributed by atoms with E-state index in [-0.39, 0.29) is 11.8 Å². The Bertz CT molecular complexity index is 1060. The zero-order valence-corrected chi connectivity index (χ0v) is 16.0. The van der Waals surface area contributed by atoms with Crippen molar-refractivity contribution in [3.8, 4) is 22.5 Å². The lowest BCUT2D eigenvalue weighted by Crippen LogP contribution is -2.14. The molecule has 0 amide bonds. The standard InChI is InChI=1S/C23H22N4O/c1-17(15-26-14-6-13-25-26)27-16-24-22(20-7-4-3-5-8-20)23(27)21-11-9-19(10-12-21)18(2)28/h3-14,16-17H,15H2,1-2H3/t17-/m0/s1. The van der Waals surface area contributed by atoms with Crippen molar-refractivity contribution in [1.29, 1.82) is 0 Å². The van der Waals surface area contributed by atoms with E-state index in [0.717, 1.165) is 29.1 Å². The molecule has 4 aromatic rings. The zero-order valence-electron chi connectivity index (χ0n) is 16.0. The lowest BCUT2D eigenvalue weighted by molar-refractivity contribution is 0.101. The van der Waals surface area contributed by atoms with E-state index in [1.165, 1.54) is 0 Å². The monoisotopic (exact) mass is 370 g/mol. The molecular weight excluding hydrogens is 348 g/mol. The Balaban J connectivity index is 1.80. The summed E-state index contributed by atoms with van der Waals surface area (Å²) in [6, 6.07) is 20.0. The summed E-state index contributed by atoms with van der Waals surface area (Å²) < 4.78 is 4.11. The zero-order chi connectivity index (χ0) is 19.5. The highest BCUT2D eigenvalue weighted by molar-refractivity contribution is 5.94. The van der Waals surface area contributed by atoms with Crippen LogP contribution in [-0.4, -0.2) is 25.1 Å². The molecular formula is C23H22N4O. The van der Waals surface area contributed by atoms with E-state index < -0.39 is 0 Å². The maximum atomic E-state index is 11.7. The van der Waals surface area contributed by atoms with E-state index in [4.69, 9.17) is 4.98 Å². The van der Waals surface area contributed by atoms with Crippen molar-refractivity contribution in [3.05, 3.63) is 84.9 Å². The van der Waals surface area contributed by atoms with E-state index in [1.807, 2.05) is 65.7 Å². The van der Waals surface area contributed by atoms with Gasteiger partial charge in [0.15, 0.2) is 5.78 Å². The summed E-state index contributed by atoms with van der Waals surface area (Å²) >= 11 is 0. The fourth-order valence-electron chi connectivity index (χ4n) is 3.42. The number of ketones is 1. The predicted molar refractivity (Wildman–Crippen MR) is 110 cm³/mol. The lowest BCUT2D eigenvalue weighted by Gasteiger charge is -2.18. The van der Waals surface area contributed by atoms with E-state index in [9.17, 15) is 4.79 Å². The molecule has 0 saturated carbocycles. The van der Waals surface area contributed by atoms with Gasteiger partial charge in [-0.25, -0.2) is 4.98 Å². The first-order chi connectivity index (χ1) is 13.6. The molecule has 0 saturated heterocycles. The molecule has 140 valence electrons. The number of hydrogen-bond donors (Lipinski definition) is 0. The number of aromatic nitrogens is 4. The average Bonchev–Trinajstić information content (AvgIpc) is 3.38. The van der Waals surface area contributed by atoms with Crippen LogP contribution in [0.3, 0.4) is 0 Å². The normalized spacial score (nSPS) is 12.1. The largest absolute Gasteiger partial charge is 0.325 e. The summed E-state index contributed by atoms with van der Waals surface area (Å²) in [5, 5.41) is 4.33. The van der Waals surface area contributed by atoms with E-state index in [2.05, 4.69) is 28.7 Å². The predicted octanol–water partition coefficient (Wildman–Crippen LogP) is 4.88. The fraction of sp³-hybridized carbons (Fsp3) is 0.174. The van der Waals surface area contributed by atoms with Gasteiger partial charge in [0, 0.05) is 29.1 Å². The quantitative estimate of drug-likeness (QED) is 0.455. The van der Waals surface area contributed by atoms with Crippen molar-refractivity contribution in [3.63, 3.8) is 0 Å². The van der Waals surface area contributed by atoms with E-state index >= 15 is 0 Å². The van der Waals surface area contributed by atoms with Crippen LogP contribution in [0.4, 0.5) is 0 Å². The van der Waals surface area contributed by atoms with Crippen molar-refractivity contribution in [2.75, 3.05) is 0 Å². The number of rotatable bonds is 6. The van der Waals surface area contributed by atoms with Gasteiger partial charge >= 0.3 is 0 Å². The first kappa shape index (κ1) is 17.9. The van der Waals surface area contributed by atoms with Gasteiger partial charge < -0.3 is 4.57 Å². The van der Waals surface area contributed by atoms with Crippen molar-refractivity contribution in [1.82, 2.24) is 19.3 Å². The third kappa shape index (κ3) is 3.51. The Morgan fingerprint density at radius 1 is 1.00 bits per heavy atom. The van der Waals surface area contributed by atoms with Crippen LogP contribution >= 0.6 is 0 Å². The maximum Gasteiger partial charge on any atom is 0.159 e. The van der Waals surface area contributed by atoms with Crippen LogP contribution in [0.1, 0.15) is 30.2 Å². The van der Waals surface area contributed by atoms with Crippen LogP contribution in [0.15, 0.2) is 79.4 Å². The van der Waals surface area contributed by atoms with Gasteiger partial charge in [0.05, 0.1) is 30.3 Å². The van der Waals surface area contributed by atoms with Crippen molar-refractivity contribution >= 4 is 5.78 Å². The maximum absolute atomic E-state index is 11.7. The Hall–Kier alpha value is -3.47. The topological polar surface area (TPSA) is 52.7 Å². The minimum atomic E-state index is 0.0652. The number of nitrogens with zero attached hydrogens (tertiary/aromatic N) is 4. The molecule has 28 heavy (non-hydrogen) atoms. The van der Waals surface area contributed by atoms with Crippen molar-refractivity contribution in [2.45, 2.75) is 26.4 Å². The first-order valence-corrected chi connectivity index (χ1v) is 9.34. The number of imidazole rings is 1. The lowest BCUT2D eigenvalue weighted by atomic mass is 10.0. The summed E-state index contributed by atoms with van der Waals surface area (Å²) in [5.74, 6) is 0.0652. The van der Waals surface area contributed by atoms with Crippen molar-refractivity contribution in [2.24, 2.45) is 0 Å². The second-order valence-electron chi connectivity index (χ2n) is 6.93. The number of carbonyl (C=O) groups is 1. The van der Waals surface area contributed by atoms with Crippen molar-refractivity contribution < 1.29 is 4.79 Å². The summed E-state index contributed by atoms with van der Waals surface area (Å²) in [4.78, 5) is 16.4. The molecule has 0 aliphatic rings. The Morgan fingerprint density at radius 2 is 1.75 bits per heavy atom. The molecule has 2 aromatic heterocycles. The second-order valence-corrected chi connectivity index (χ2v) is 6.93. The van der Waals surface area contributed by atoms with Gasteiger partial charge in [-0.3, -0.25) is 9.48 Å². The van der Waals surface area contributed by atoms with Crippen LogP contribution in [0.2, 0.25) is 0 Å². The summed E-state index contributed by atoms with van der Waals surface area (Å²) in [6.45, 7) is 4.49. The van der Waals surface area contributed by atoms with E-state index in [1.54, 1.807) is 13.1 Å². The Labute approximate surface area is 164 Å². The van der Waals surface area contributed by atoms with Crippen LogP contribution in [-0.2, 0) is 6.54 Å². The van der Waals surface area contributed by atoms with Gasteiger partial charge in [-0.05, 0) is 19.9 Å².